The summed E-state index contributed by atoms with van der Waals surface area (Å²) in [5.74, 6) is 0.863. The van der Waals surface area contributed by atoms with Crippen molar-refractivity contribution in [1.29, 1.82) is 0 Å². The van der Waals surface area contributed by atoms with Crippen molar-refractivity contribution in [3.63, 3.8) is 0 Å². The number of fused-ring (bicyclic) bond motifs is 3. The summed E-state index contributed by atoms with van der Waals surface area (Å²) in [7, 11) is 2.04. The standard InChI is InChI=1S/C15H24N4O/c1-3-20-13-8-12(9-17-10-13)15(16-2)14-11-18-4-6-19(14)7-5-18/h8-10,14-16H,3-7,11H2,1-2H3. The molecule has 1 aromatic rings. The third-order valence-corrected chi connectivity index (χ3v) is 4.42. The lowest BCUT2D eigenvalue weighted by atomic mass is 9.95. The largest absolute Gasteiger partial charge is 0.492 e. The minimum Gasteiger partial charge on any atom is -0.492 e. The van der Waals surface area contributed by atoms with Gasteiger partial charge in [-0.2, -0.15) is 0 Å². The average Bonchev–Trinajstić information content (AvgIpc) is 2.50. The highest BCUT2D eigenvalue weighted by Crippen LogP contribution is 2.28. The topological polar surface area (TPSA) is 40.6 Å². The van der Waals surface area contributed by atoms with Crippen LogP contribution in [-0.4, -0.2) is 67.2 Å². The van der Waals surface area contributed by atoms with Gasteiger partial charge in [0.1, 0.15) is 5.75 Å². The number of nitrogens with zero attached hydrogens (tertiary/aromatic N) is 3. The molecule has 3 saturated heterocycles. The Labute approximate surface area is 120 Å². The van der Waals surface area contributed by atoms with Crippen molar-refractivity contribution in [2.75, 3.05) is 46.4 Å². The first-order chi connectivity index (χ1) is 9.81. The van der Waals surface area contributed by atoms with Gasteiger partial charge in [-0.3, -0.25) is 14.8 Å². The van der Waals surface area contributed by atoms with E-state index < -0.39 is 0 Å². The minimum absolute atomic E-state index is 0.311. The first kappa shape index (κ1) is 13.8. The third-order valence-electron chi connectivity index (χ3n) is 4.42. The van der Waals surface area contributed by atoms with Crippen molar-refractivity contribution in [3.05, 3.63) is 24.0 Å². The Morgan fingerprint density at radius 2 is 2.15 bits per heavy atom. The second kappa shape index (κ2) is 6.08. The van der Waals surface area contributed by atoms with Crippen LogP contribution in [-0.2, 0) is 0 Å². The van der Waals surface area contributed by atoms with Gasteiger partial charge in [0, 0.05) is 45.0 Å². The number of ether oxygens (including phenoxy) is 1. The molecule has 0 aliphatic carbocycles. The minimum atomic E-state index is 0.311. The van der Waals surface area contributed by atoms with E-state index in [2.05, 4.69) is 26.2 Å². The normalized spacial score (nSPS) is 30.2. The predicted molar refractivity (Wildman–Crippen MR) is 79.0 cm³/mol. The Morgan fingerprint density at radius 1 is 1.35 bits per heavy atom. The molecular formula is C15H24N4O. The summed E-state index contributed by atoms with van der Waals surface area (Å²) in [6.07, 6.45) is 3.75. The Kier molecular flexibility index (Phi) is 4.19. The molecule has 2 unspecified atom stereocenters. The highest BCUT2D eigenvalue weighted by molar-refractivity contribution is 5.27. The van der Waals surface area contributed by atoms with E-state index in [4.69, 9.17) is 4.74 Å². The molecule has 1 N–H and O–H groups in total. The van der Waals surface area contributed by atoms with Gasteiger partial charge >= 0.3 is 0 Å². The highest BCUT2D eigenvalue weighted by atomic mass is 16.5. The lowest BCUT2D eigenvalue weighted by Crippen LogP contribution is -2.63. The Bertz CT molecular complexity index is 445. The van der Waals surface area contributed by atoms with E-state index in [9.17, 15) is 0 Å². The monoisotopic (exact) mass is 276 g/mol. The third kappa shape index (κ3) is 2.66. The van der Waals surface area contributed by atoms with Gasteiger partial charge in [0.15, 0.2) is 0 Å². The average molecular weight is 276 g/mol. The zero-order valence-electron chi connectivity index (χ0n) is 12.4. The molecule has 1 aromatic heterocycles. The second-order valence-corrected chi connectivity index (χ2v) is 5.56. The smallest absolute Gasteiger partial charge is 0.137 e. The van der Waals surface area contributed by atoms with Crippen LogP contribution >= 0.6 is 0 Å². The number of hydrogen-bond donors (Lipinski definition) is 1. The van der Waals surface area contributed by atoms with Gasteiger partial charge in [-0.15, -0.1) is 0 Å². The van der Waals surface area contributed by atoms with Crippen LogP contribution in [0.1, 0.15) is 18.5 Å². The molecule has 0 aromatic carbocycles. The van der Waals surface area contributed by atoms with Gasteiger partial charge in [-0.1, -0.05) is 0 Å². The zero-order valence-corrected chi connectivity index (χ0v) is 12.4. The maximum Gasteiger partial charge on any atom is 0.137 e. The molecule has 0 radical (unpaired) electrons. The number of hydrogen-bond acceptors (Lipinski definition) is 5. The predicted octanol–water partition coefficient (Wildman–Crippen LogP) is 0.741. The molecule has 4 heterocycles. The van der Waals surface area contributed by atoms with E-state index in [1.54, 1.807) is 6.20 Å². The summed E-state index contributed by atoms with van der Waals surface area (Å²) in [5.41, 5.74) is 1.22. The van der Waals surface area contributed by atoms with Crippen LogP contribution in [0.5, 0.6) is 5.75 Å². The first-order valence-electron chi connectivity index (χ1n) is 7.53. The molecule has 2 atom stereocenters. The molecule has 4 rings (SSSR count). The highest BCUT2D eigenvalue weighted by Gasteiger charge is 2.36. The summed E-state index contributed by atoms with van der Waals surface area (Å²) in [5, 5.41) is 3.48. The van der Waals surface area contributed by atoms with E-state index in [0.29, 0.717) is 18.7 Å². The number of piperazine rings is 3. The molecule has 5 nitrogen and oxygen atoms in total. The van der Waals surface area contributed by atoms with Crippen LogP contribution < -0.4 is 10.1 Å². The molecule has 5 heteroatoms. The van der Waals surface area contributed by atoms with Crippen LogP contribution in [0.25, 0.3) is 0 Å². The molecule has 2 bridgehead atoms. The first-order valence-corrected chi connectivity index (χ1v) is 7.53. The summed E-state index contributed by atoms with van der Waals surface area (Å²) in [4.78, 5) is 9.50. The number of pyridine rings is 1. The van der Waals surface area contributed by atoms with E-state index >= 15 is 0 Å². The lowest BCUT2D eigenvalue weighted by Gasteiger charge is -2.50. The number of rotatable bonds is 5. The van der Waals surface area contributed by atoms with Crippen molar-refractivity contribution in [2.45, 2.75) is 19.0 Å². The fraction of sp³-hybridized carbons (Fsp3) is 0.667. The number of aromatic nitrogens is 1. The van der Waals surface area contributed by atoms with Crippen molar-refractivity contribution in [2.24, 2.45) is 0 Å². The van der Waals surface area contributed by atoms with Gasteiger partial charge in [-0.25, -0.2) is 0 Å². The molecule has 0 amide bonds. The molecular weight excluding hydrogens is 252 g/mol. The number of nitrogens with one attached hydrogen (secondary N) is 1. The van der Waals surface area contributed by atoms with Crippen LogP contribution in [0, 0.1) is 0 Å². The van der Waals surface area contributed by atoms with Crippen LogP contribution in [0.15, 0.2) is 18.5 Å². The summed E-state index contributed by atoms with van der Waals surface area (Å²) >= 11 is 0. The van der Waals surface area contributed by atoms with Crippen LogP contribution in [0.3, 0.4) is 0 Å². The fourth-order valence-electron chi connectivity index (χ4n) is 3.41. The van der Waals surface area contributed by atoms with E-state index in [1.807, 2.05) is 20.2 Å². The zero-order chi connectivity index (χ0) is 13.9. The van der Waals surface area contributed by atoms with Crippen LogP contribution in [0.4, 0.5) is 0 Å². The molecule has 20 heavy (non-hydrogen) atoms. The van der Waals surface area contributed by atoms with E-state index in [0.717, 1.165) is 12.3 Å². The van der Waals surface area contributed by atoms with Crippen molar-refractivity contribution < 1.29 is 4.74 Å². The van der Waals surface area contributed by atoms with Crippen molar-refractivity contribution in [1.82, 2.24) is 20.1 Å². The van der Waals surface area contributed by atoms with Gasteiger partial charge in [-0.05, 0) is 25.6 Å². The number of likely N-dealkylation sites (N-methyl/N-ethyl adjacent to an activating group) is 1. The van der Waals surface area contributed by atoms with Gasteiger partial charge in [0.2, 0.25) is 0 Å². The quantitative estimate of drug-likeness (QED) is 0.859. The van der Waals surface area contributed by atoms with Crippen molar-refractivity contribution in [3.8, 4) is 5.75 Å². The van der Waals surface area contributed by atoms with Crippen molar-refractivity contribution >= 4 is 0 Å². The van der Waals surface area contributed by atoms with E-state index in [-0.39, 0.29) is 0 Å². The lowest BCUT2D eigenvalue weighted by molar-refractivity contribution is -0.00262. The fourth-order valence-corrected chi connectivity index (χ4v) is 3.41. The molecule has 3 fully saturated rings. The molecule has 110 valence electrons. The van der Waals surface area contributed by atoms with Gasteiger partial charge in [0.05, 0.1) is 18.8 Å². The summed E-state index contributed by atoms with van der Waals surface area (Å²) in [6.45, 7) is 8.61. The van der Waals surface area contributed by atoms with E-state index in [1.165, 1.54) is 31.7 Å². The van der Waals surface area contributed by atoms with Gasteiger partial charge in [0.25, 0.3) is 0 Å². The maximum absolute atomic E-state index is 5.58. The SMILES string of the molecule is CCOc1cncc(C(NC)C2CN3CCN2CC3)c1. The maximum atomic E-state index is 5.58. The Balaban J connectivity index is 1.80. The molecule has 0 saturated carbocycles. The molecule has 3 aliphatic heterocycles. The second-order valence-electron chi connectivity index (χ2n) is 5.56. The summed E-state index contributed by atoms with van der Waals surface area (Å²) < 4.78 is 5.58. The molecule has 0 spiro atoms. The Hall–Kier alpha value is -1.17. The molecule has 3 aliphatic rings. The van der Waals surface area contributed by atoms with Gasteiger partial charge < -0.3 is 10.1 Å². The van der Waals surface area contributed by atoms with Crippen LogP contribution in [0.2, 0.25) is 0 Å². The Morgan fingerprint density at radius 3 is 2.75 bits per heavy atom. The summed E-state index contributed by atoms with van der Waals surface area (Å²) in [6, 6.07) is 2.96.